The standard InChI is InChI=1S/C20H29ClN6O5S/c1-5-15-18-24-25-19(27(18)20(6-7-20)11-31-10-12(2)32-15)26-33(28,29)13(3)16(30-4)17-22-8-14(21)9-23-17/h8-9,12-13,15-16H,5-7,10-11H2,1-4H3,(H,25,26)/t12-,13+,15-,16+/m1/s1. The number of hydrogen-bond donors (Lipinski definition) is 1. The number of anilines is 1. The van der Waals surface area contributed by atoms with E-state index in [-0.39, 0.29) is 29.5 Å². The van der Waals surface area contributed by atoms with Gasteiger partial charge in [0.25, 0.3) is 0 Å². The maximum absolute atomic E-state index is 13.4. The van der Waals surface area contributed by atoms with E-state index in [1.165, 1.54) is 26.4 Å². The van der Waals surface area contributed by atoms with Gasteiger partial charge in [0.05, 0.1) is 29.9 Å². The molecule has 0 unspecified atom stereocenters. The van der Waals surface area contributed by atoms with Gasteiger partial charge in [-0.3, -0.25) is 9.29 Å². The van der Waals surface area contributed by atoms with E-state index in [1.54, 1.807) is 0 Å². The number of nitrogens with one attached hydrogen (secondary N) is 1. The molecule has 0 saturated heterocycles. The first-order valence-corrected chi connectivity index (χ1v) is 12.8. The summed E-state index contributed by atoms with van der Waals surface area (Å²) in [6, 6.07) is 0. The number of sulfonamides is 1. The van der Waals surface area contributed by atoms with E-state index in [0.717, 1.165) is 12.8 Å². The molecule has 1 saturated carbocycles. The zero-order valence-electron chi connectivity index (χ0n) is 19.1. The van der Waals surface area contributed by atoms with Crippen molar-refractivity contribution in [3.63, 3.8) is 0 Å². The maximum Gasteiger partial charge on any atom is 0.240 e. The first kappa shape index (κ1) is 24.3. The highest BCUT2D eigenvalue weighted by Gasteiger charge is 2.50. The van der Waals surface area contributed by atoms with Crippen molar-refractivity contribution in [1.82, 2.24) is 24.7 Å². The molecule has 0 amide bonds. The average molecular weight is 501 g/mol. The number of nitrogens with zero attached hydrogens (tertiary/aromatic N) is 5. The van der Waals surface area contributed by atoms with E-state index in [9.17, 15) is 8.42 Å². The van der Waals surface area contributed by atoms with E-state index in [4.69, 9.17) is 25.8 Å². The first-order valence-electron chi connectivity index (χ1n) is 10.9. The Kier molecular flexibility index (Phi) is 6.92. The van der Waals surface area contributed by atoms with Crippen LogP contribution in [0.4, 0.5) is 5.95 Å². The van der Waals surface area contributed by atoms with Crippen molar-refractivity contribution in [2.75, 3.05) is 25.0 Å². The van der Waals surface area contributed by atoms with Crippen LogP contribution in [0.5, 0.6) is 0 Å². The third kappa shape index (κ3) is 4.85. The Morgan fingerprint density at radius 3 is 2.64 bits per heavy atom. The summed E-state index contributed by atoms with van der Waals surface area (Å²) in [5.41, 5.74) is -0.388. The summed E-state index contributed by atoms with van der Waals surface area (Å²) in [7, 11) is -2.56. The molecule has 1 spiro atoms. The SMILES string of the molecule is CC[C@H]1O[C@H](C)COCC2(CC2)n2c(NS(=O)(=O)[C@@H](C)[C@H](OC)c3ncc(Cl)cn3)nnc21. The lowest BCUT2D eigenvalue weighted by atomic mass is 10.2. The normalized spacial score (nSPS) is 24.3. The largest absolute Gasteiger partial charge is 0.376 e. The van der Waals surface area contributed by atoms with Crippen LogP contribution in [0, 0.1) is 0 Å². The van der Waals surface area contributed by atoms with Crippen LogP contribution in [0.3, 0.4) is 0 Å². The molecular formula is C20H29ClN6O5S. The molecule has 182 valence electrons. The van der Waals surface area contributed by atoms with Gasteiger partial charge in [-0.05, 0) is 33.1 Å². The summed E-state index contributed by atoms with van der Waals surface area (Å²) >= 11 is 5.86. The van der Waals surface area contributed by atoms with Crippen molar-refractivity contribution in [2.45, 2.75) is 69.1 Å². The summed E-state index contributed by atoms with van der Waals surface area (Å²) in [5.74, 6) is 0.955. The van der Waals surface area contributed by atoms with Crippen LogP contribution in [0.15, 0.2) is 12.4 Å². The Hall–Kier alpha value is -1.86. The molecule has 0 aromatic carbocycles. The van der Waals surface area contributed by atoms with Crippen LogP contribution in [0.1, 0.15) is 63.9 Å². The quantitative estimate of drug-likeness (QED) is 0.609. The predicted molar refractivity (Wildman–Crippen MR) is 120 cm³/mol. The van der Waals surface area contributed by atoms with Crippen molar-refractivity contribution in [1.29, 1.82) is 0 Å². The monoisotopic (exact) mass is 500 g/mol. The molecule has 0 bridgehead atoms. The van der Waals surface area contributed by atoms with Crippen LogP contribution in [-0.4, -0.2) is 64.8 Å². The molecule has 2 aliphatic rings. The Morgan fingerprint density at radius 1 is 1.33 bits per heavy atom. The van der Waals surface area contributed by atoms with E-state index in [1.807, 2.05) is 18.4 Å². The Balaban J connectivity index is 1.66. The van der Waals surface area contributed by atoms with Crippen LogP contribution in [0.25, 0.3) is 0 Å². The predicted octanol–water partition coefficient (Wildman–Crippen LogP) is 2.61. The van der Waals surface area contributed by atoms with E-state index in [0.29, 0.717) is 30.5 Å². The van der Waals surface area contributed by atoms with Gasteiger partial charge < -0.3 is 14.2 Å². The second kappa shape index (κ2) is 9.41. The molecule has 2 aromatic heterocycles. The summed E-state index contributed by atoms with van der Waals surface area (Å²) in [5, 5.41) is 7.86. The van der Waals surface area contributed by atoms with Gasteiger partial charge >= 0.3 is 0 Å². The van der Waals surface area contributed by atoms with Gasteiger partial charge in [0.1, 0.15) is 17.5 Å². The maximum atomic E-state index is 13.4. The minimum absolute atomic E-state index is 0.115. The smallest absolute Gasteiger partial charge is 0.240 e. The number of rotatable bonds is 7. The Bertz CT molecular complexity index is 1080. The van der Waals surface area contributed by atoms with E-state index in [2.05, 4.69) is 24.9 Å². The van der Waals surface area contributed by atoms with Crippen LogP contribution in [-0.2, 0) is 29.8 Å². The van der Waals surface area contributed by atoms with Crippen molar-refractivity contribution < 1.29 is 22.6 Å². The molecule has 0 radical (unpaired) electrons. The third-order valence-corrected chi connectivity index (χ3v) is 7.95. The molecule has 2 aromatic rings. The minimum Gasteiger partial charge on any atom is -0.376 e. The number of ether oxygens (including phenoxy) is 3. The second-order valence-corrected chi connectivity index (χ2v) is 11.0. The zero-order valence-corrected chi connectivity index (χ0v) is 20.6. The highest BCUT2D eigenvalue weighted by atomic mass is 35.5. The number of halogens is 1. The Labute approximate surface area is 198 Å². The van der Waals surface area contributed by atoms with Crippen molar-refractivity contribution in [3.8, 4) is 0 Å². The van der Waals surface area contributed by atoms with Gasteiger partial charge in [-0.15, -0.1) is 10.2 Å². The fraction of sp³-hybridized carbons (Fsp3) is 0.700. The highest BCUT2D eigenvalue weighted by Crippen LogP contribution is 2.48. The molecule has 4 rings (SSSR count). The van der Waals surface area contributed by atoms with E-state index >= 15 is 0 Å². The van der Waals surface area contributed by atoms with Crippen molar-refractivity contribution in [3.05, 3.63) is 29.1 Å². The highest BCUT2D eigenvalue weighted by molar-refractivity contribution is 7.93. The lowest BCUT2D eigenvalue weighted by Gasteiger charge is -2.25. The van der Waals surface area contributed by atoms with Crippen LogP contribution in [0.2, 0.25) is 5.02 Å². The van der Waals surface area contributed by atoms with Gasteiger partial charge in [-0.1, -0.05) is 18.5 Å². The summed E-state index contributed by atoms with van der Waals surface area (Å²) in [6.07, 6.45) is 3.79. The molecule has 1 aliphatic heterocycles. The van der Waals surface area contributed by atoms with Crippen LogP contribution < -0.4 is 4.72 Å². The Morgan fingerprint density at radius 2 is 2.03 bits per heavy atom. The fourth-order valence-electron chi connectivity index (χ4n) is 4.05. The molecule has 1 N–H and O–H groups in total. The third-order valence-electron chi connectivity index (χ3n) is 6.07. The van der Waals surface area contributed by atoms with E-state index < -0.39 is 21.4 Å². The fourth-order valence-corrected chi connectivity index (χ4v) is 5.28. The summed E-state index contributed by atoms with van der Waals surface area (Å²) < 4.78 is 48.7. The molecule has 3 heterocycles. The van der Waals surface area contributed by atoms with Gasteiger partial charge in [-0.2, -0.15) is 0 Å². The molecule has 13 heteroatoms. The average Bonchev–Trinajstić information content (AvgIpc) is 3.43. The number of aromatic nitrogens is 5. The molecule has 11 nitrogen and oxygen atoms in total. The number of methoxy groups -OCH3 is 1. The number of fused-ring (bicyclic) bond motifs is 2. The molecule has 1 aliphatic carbocycles. The van der Waals surface area contributed by atoms with Gasteiger partial charge in [0.2, 0.25) is 16.0 Å². The lowest BCUT2D eigenvalue weighted by molar-refractivity contribution is -0.0505. The second-order valence-electron chi connectivity index (χ2n) is 8.57. The molecule has 1 fully saturated rings. The topological polar surface area (TPSA) is 130 Å². The lowest BCUT2D eigenvalue weighted by Crippen LogP contribution is -2.35. The minimum atomic E-state index is -3.97. The number of hydrogen-bond acceptors (Lipinski definition) is 9. The zero-order chi connectivity index (χ0) is 23.8. The summed E-state index contributed by atoms with van der Waals surface area (Å²) in [4.78, 5) is 8.24. The first-order chi connectivity index (χ1) is 15.7. The van der Waals surface area contributed by atoms with Gasteiger partial charge in [0.15, 0.2) is 11.6 Å². The van der Waals surface area contributed by atoms with Gasteiger partial charge in [-0.25, -0.2) is 18.4 Å². The van der Waals surface area contributed by atoms with Crippen LogP contribution >= 0.6 is 11.6 Å². The molecular weight excluding hydrogens is 472 g/mol. The molecule has 33 heavy (non-hydrogen) atoms. The molecule has 4 atom stereocenters. The van der Waals surface area contributed by atoms with Gasteiger partial charge in [0, 0.05) is 19.5 Å². The van der Waals surface area contributed by atoms with Crippen molar-refractivity contribution in [2.24, 2.45) is 0 Å². The van der Waals surface area contributed by atoms with Crippen molar-refractivity contribution >= 4 is 27.6 Å². The summed E-state index contributed by atoms with van der Waals surface area (Å²) in [6.45, 7) is 6.37.